The minimum Gasteiger partial charge on any atom is -0.390 e. The first-order chi connectivity index (χ1) is 20.3. The smallest absolute Gasteiger partial charge is 0.257 e. The van der Waals surface area contributed by atoms with Crippen LogP contribution in [0.15, 0.2) is 54.6 Å². The van der Waals surface area contributed by atoms with Crippen LogP contribution in [0.2, 0.25) is 0 Å². The Bertz CT molecular complexity index is 1260. The maximum absolute atomic E-state index is 13.3. The monoisotopic (exact) mass is 592 g/mol. The molecule has 0 aliphatic rings. The van der Waals surface area contributed by atoms with Crippen molar-refractivity contribution in [1.82, 2.24) is 26.4 Å². The summed E-state index contributed by atoms with van der Waals surface area (Å²) in [6, 6.07) is 15.9. The molecule has 2 aromatic carbocycles. The van der Waals surface area contributed by atoms with Crippen molar-refractivity contribution >= 4 is 23.6 Å². The van der Waals surface area contributed by atoms with Gasteiger partial charge in [0.25, 0.3) is 5.91 Å². The number of aliphatic hydroxyl groups is 1. The lowest BCUT2D eigenvalue weighted by atomic mass is 9.98. The predicted molar refractivity (Wildman–Crippen MR) is 163 cm³/mol. The average Bonchev–Trinajstić information content (AvgIpc) is 2.94. The average molecular weight is 593 g/mol. The SMILES string of the molecule is CC(=O)N[C@H](C(=O)N[C@@H](Cc1ccccc1)[C@@H](O)CN(Cc1ccc(C#N)cc1)NC(=O)[C@@H](NC(C)=O)C(C)C)C(C)C. The second kappa shape index (κ2) is 17.0. The standard InChI is InChI=1S/C32H44N6O5/c1-20(2)29(34-22(5)39)31(42)36-27(16-24-10-8-7-9-11-24)28(41)19-38(18-26-14-12-25(17-33)13-15-26)37-32(43)30(21(3)4)35-23(6)40/h7-15,20-21,27-30,41H,16,18-19H2,1-6H3,(H,34,39)(H,35,40)(H,36,42)(H,37,43)/t27-,28-,29-,30-/m0/s1. The molecular formula is C32H44N6O5. The van der Waals surface area contributed by atoms with Crippen molar-refractivity contribution in [3.05, 3.63) is 71.3 Å². The number of hydrazine groups is 1. The second-order valence-corrected chi connectivity index (χ2v) is 11.4. The maximum atomic E-state index is 13.3. The Morgan fingerprint density at radius 3 is 1.81 bits per heavy atom. The van der Waals surface area contributed by atoms with Gasteiger partial charge in [0, 0.05) is 26.9 Å². The molecular weight excluding hydrogens is 548 g/mol. The third-order valence-electron chi connectivity index (χ3n) is 6.84. The molecule has 2 aromatic rings. The molecule has 4 atom stereocenters. The molecule has 0 aliphatic carbocycles. The van der Waals surface area contributed by atoms with Crippen molar-refractivity contribution in [1.29, 1.82) is 5.26 Å². The molecule has 232 valence electrons. The van der Waals surface area contributed by atoms with Crippen LogP contribution < -0.4 is 21.4 Å². The third-order valence-corrected chi connectivity index (χ3v) is 6.84. The molecule has 0 radical (unpaired) electrons. The van der Waals surface area contributed by atoms with E-state index in [4.69, 9.17) is 5.26 Å². The molecule has 0 bridgehead atoms. The van der Waals surface area contributed by atoms with Crippen LogP contribution in [0.1, 0.15) is 58.2 Å². The summed E-state index contributed by atoms with van der Waals surface area (Å²) in [5.41, 5.74) is 4.96. The molecule has 0 fully saturated rings. The number of carbonyl (C=O) groups excluding carboxylic acids is 4. The van der Waals surface area contributed by atoms with Gasteiger partial charge < -0.3 is 21.1 Å². The summed E-state index contributed by atoms with van der Waals surface area (Å²) in [4.78, 5) is 50.2. The Labute approximate surface area is 254 Å². The van der Waals surface area contributed by atoms with E-state index in [-0.39, 0.29) is 43.2 Å². The largest absolute Gasteiger partial charge is 0.390 e. The van der Waals surface area contributed by atoms with Gasteiger partial charge in [0.2, 0.25) is 17.7 Å². The molecule has 0 aliphatic heterocycles. The van der Waals surface area contributed by atoms with Crippen molar-refractivity contribution in [3.63, 3.8) is 0 Å². The van der Waals surface area contributed by atoms with Crippen LogP contribution in [-0.2, 0) is 32.1 Å². The van der Waals surface area contributed by atoms with Gasteiger partial charge in [-0.1, -0.05) is 70.2 Å². The van der Waals surface area contributed by atoms with Gasteiger partial charge in [-0.05, 0) is 41.5 Å². The lowest BCUT2D eigenvalue weighted by molar-refractivity contribution is -0.134. The quantitative estimate of drug-likeness (QED) is 0.197. The molecule has 0 unspecified atom stereocenters. The van der Waals surface area contributed by atoms with E-state index in [1.54, 1.807) is 24.3 Å². The zero-order valence-electron chi connectivity index (χ0n) is 25.8. The van der Waals surface area contributed by atoms with Gasteiger partial charge in [0.15, 0.2) is 0 Å². The maximum Gasteiger partial charge on any atom is 0.257 e. The molecule has 5 N–H and O–H groups in total. The Hall–Kier alpha value is -4.27. The Kier molecular flexibility index (Phi) is 13.8. The summed E-state index contributed by atoms with van der Waals surface area (Å²) >= 11 is 0. The summed E-state index contributed by atoms with van der Waals surface area (Å²) in [7, 11) is 0. The zero-order chi connectivity index (χ0) is 32.1. The third kappa shape index (κ3) is 11.9. The number of aliphatic hydroxyl groups excluding tert-OH is 1. The minimum absolute atomic E-state index is 0.0824. The molecule has 43 heavy (non-hydrogen) atoms. The summed E-state index contributed by atoms with van der Waals surface area (Å²) in [6.07, 6.45) is -0.871. The van der Waals surface area contributed by atoms with Gasteiger partial charge in [-0.25, -0.2) is 5.01 Å². The van der Waals surface area contributed by atoms with E-state index in [0.717, 1.165) is 11.1 Å². The highest BCUT2D eigenvalue weighted by molar-refractivity contribution is 5.87. The first-order valence-electron chi connectivity index (χ1n) is 14.4. The fourth-order valence-corrected chi connectivity index (χ4v) is 4.56. The zero-order valence-corrected chi connectivity index (χ0v) is 25.8. The predicted octanol–water partition coefficient (Wildman–Crippen LogP) is 1.80. The van der Waals surface area contributed by atoms with Crippen LogP contribution in [0.3, 0.4) is 0 Å². The first kappa shape index (κ1) is 34.9. The van der Waals surface area contributed by atoms with Crippen LogP contribution in [0.4, 0.5) is 0 Å². The number of nitriles is 1. The number of nitrogens with zero attached hydrogens (tertiary/aromatic N) is 2. The van der Waals surface area contributed by atoms with Gasteiger partial charge >= 0.3 is 0 Å². The molecule has 11 heteroatoms. The minimum atomic E-state index is -1.16. The number of hydrogen-bond donors (Lipinski definition) is 5. The van der Waals surface area contributed by atoms with Crippen molar-refractivity contribution in [3.8, 4) is 6.07 Å². The highest BCUT2D eigenvalue weighted by atomic mass is 16.3. The summed E-state index contributed by atoms with van der Waals surface area (Å²) in [5.74, 6) is -2.00. The number of hydrogen-bond acceptors (Lipinski definition) is 7. The number of rotatable bonds is 15. The molecule has 4 amide bonds. The van der Waals surface area contributed by atoms with Crippen molar-refractivity contribution in [2.75, 3.05) is 6.54 Å². The van der Waals surface area contributed by atoms with Gasteiger partial charge in [0.1, 0.15) is 12.1 Å². The van der Waals surface area contributed by atoms with E-state index >= 15 is 0 Å². The second-order valence-electron chi connectivity index (χ2n) is 11.4. The Morgan fingerprint density at radius 2 is 1.33 bits per heavy atom. The first-order valence-corrected chi connectivity index (χ1v) is 14.4. The number of nitrogens with one attached hydrogen (secondary N) is 4. The molecule has 2 rings (SSSR count). The van der Waals surface area contributed by atoms with Crippen molar-refractivity contribution < 1.29 is 24.3 Å². The summed E-state index contributed by atoms with van der Waals surface area (Å²) in [5, 5.41) is 30.5. The van der Waals surface area contributed by atoms with Crippen LogP contribution in [-0.4, -0.2) is 64.5 Å². The van der Waals surface area contributed by atoms with Crippen LogP contribution in [0.25, 0.3) is 0 Å². The lowest BCUT2D eigenvalue weighted by Crippen LogP contribution is -2.59. The fraction of sp³-hybridized carbons (Fsp3) is 0.469. The number of amides is 4. The molecule has 11 nitrogen and oxygen atoms in total. The van der Waals surface area contributed by atoms with E-state index in [2.05, 4.69) is 27.4 Å². The van der Waals surface area contributed by atoms with E-state index in [1.165, 1.54) is 18.9 Å². The van der Waals surface area contributed by atoms with Gasteiger partial charge in [-0.15, -0.1) is 0 Å². The van der Waals surface area contributed by atoms with Crippen LogP contribution >= 0.6 is 0 Å². The fourth-order valence-electron chi connectivity index (χ4n) is 4.56. The molecule has 0 saturated heterocycles. The van der Waals surface area contributed by atoms with Crippen LogP contribution in [0.5, 0.6) is 0 Å². The molecule has 0 spiro atoms. The molecule has 0 aromatic heterocycles. The normalized spacial score (nSPS) is 13.9. The molecule has 0 heterocycles. The number of carbonyl (C=O) groups is 4. The van der Waals surface area contributed by atoms with Gasteiger partial charge in [0.05, 0.1) is 23.8 Å². The Morgan fingerprint density at radius 1 is 0.791 bits per heavy atom. The summed E-state index contributed by atoms with van der Waals surface area (Å²) in [6.45, 7) is 10.0. The topological polar surface area (TPSA) is 164 Å². The van der Waals surface area contributed by atoms with E-state index in [9.17, 15) is 24.3 Å². The molecule has 0 saturated carbocycles. The van der Waals surface area contributed by atoms with Crippen LogP contribution in [0, 0.1) is 23.2 Å². The van der Waals surface area contributed by atoms with E-state index < -0.39 is 36.0 Å². The lowest BCUT2D eigenvalue weighted by Gasteiger charge is -2.33. The van der Waals surface area contributed by atoms with Crippen molar-refractivity contribution in [2.24, 2.45) is 11.8 Å². The number of benzene rings is 2. The van der Waals surface area contributed by atoms with E-state index in [1.807, 2.05) is 58.0 Å². The summed E-state index contributed by atoms with van der Waals surface area (Å²) < 4.78 is 0. The van der Waals surface area contributed by atoms with E-state index in [0.29, 0.717) is 5.56 Å². The highest BCUT2D eigenvalue weighted by Crippen LogP contribution is 2.13. The Balaban J connectivity index is 2.38. The van der Waals surface area contributed by atoms with Gasteiger partial charge in [-0.3, -0.25) is 24.6 Å². The highest BCUT2D eigenvalue weighted by Gasteiger charge is 2.31. The van der Waals surface area contributed by atoms with Gasteiger partial charge in [-0.2, -0.15) is 5.26 Å². The van der Waals surface area contributed by atoms with Crippen molar-refractivity contribution in [2.45, 2.75) is 78.7 Å².